The van der Waals surface area contributed by atoms with E-state index < -0.39 is 53.9 Å². The van der Waals surface area contributed by atoms with Crippen LogP contribution in [0.1, 0.15) is 22.9 Å². The van der Waals surface area contributed by atoms with E-state index in [-0.39, 0.29) is 16.5 Å². The van der Waals surface area contributed by atoms with Crippen molar-refractivity contribution < 1.29 is 38.7 Å². The predicted molar refractivity (Wildman–Crippen MR) is 181 cm³/mol. The molecular formula is C30H23Br2N5O8S2. The smallest absolute Gasteiger partial charge is 0.347 e. The highest BCUT2D eigenvalue weighted by Crippen LogP contribution is 2.41. The van der Waals surface area contributed by atoms with Crippen LogP contribution in [0.2, 0.25) is 0 Å². The van der Waals surface area contributed by atoms with Crippen molar-refractivity contribution >= 4 is 96.0 Å². The summed E-state index contributed by atoms with van der Waals surface area (Å²) in [5.41, 5.74) is 1.43. The number of carbonyl (C=O) groups is 5. The Morgan fingerprint density at radius 1 is 1.09 bits per heavy atom. The molecule has 5 rings (SSSR count). The zero-order valence-corrected chi connectivity index (χ0v) is 28.6. The van der Waals surface area contributed by atoms with Crippen molar-refractivity contribution in [2.24, 2.45) is 5.16 Å². The van der Waals surface area contributed by atoms with E-state index in [1.165, 1.54) is 16.4 Å². The second-order valence-electron chi connectivity index (χ2n) is 9.72. The maximum atomic E-state index is 13.5. The van der Waals surface area contributed by atoms with Gasteiger partial charge < -0.3 is 30.2 Å². The average Bonchev–Trinajstić information content (AvgIpc) is 3.52. The number of thioether (sulfide) groups is 1. The summed E-state index contributed by atoms with van der Waals surface area (Å²) >= 11 is 8.57. The van der Waals surface area contributed by atoms with Gasteiger partial charge in [-0.3, -0.25) is 14.4 Å². The molecule has 3 N–H and O–H groups in total. The highest BCUT2D eigenvalue weighted by Gasteiger charge is 2.56. The molecule has 0 saturated carbocycles. The Balaban J connectivity index is 1.32. The fourth-order valence-electron chi connectivity index (χ4n) is 4.72. The number of halogens is 2. The minimum atomic E-state index is -1.26. The van der Waals surface area contributed by atoms with Crippen LogP contribution in [0.15, 0.2) is 91.6 Å². The first-order chi connectivity index (χ1) is 22.7. The first-order valence-corrected chi connectivity index (χ1v) is 17.0. The van der Waals surface area contributed by atoms with Gasteiger partial charge >= 0.3 is 11.9 Å². The molecule has 1 aromatic heterocycles. The Kier molecular flexibility index (Phi) is 11.2. The summed E-state index contributed by atoms with van der Waals surface area (Å²) in [5.74, 6) is -3.51. The predicted octanol–water partition coefficient (Wildman–Crippen LogP) is 4.13. The fourth-order valence-corrected chi connectivity index (χ4v) is 7.10. The number of nitrogens with one attached hydrogen (secondary N) is 2. The Morgan fingerprint density at radius 2 is 1.74 bits per heavy atom. The van der Waals surface area contributed by atoms with E-state index in [0.29, 0.717) is 15.4 Å². The Bertz CT molecular complexity index is 1730. The number of rotatable bonds is 13. The second-order valence-corrected chi connectivity index (χ2v) is 14.3. The normalized spacial score (nSPS) is 18.7. The van der Waals surface area contributed by atoms with Gasteiger partial charge in [0, 0.05) is 5.38 Å². The zero-order chi connectivity index (χ0) is 33.5. The molecule has 3 heterocycles. The van der Waals surface area contributed by atoms with Gasteiger partial charge in [-0.25, -0.2) is 14.6 Å². The topological polar surface area (TPSA) is 177 Å². The standard InChI is InChI=1S/C30H23Br2N5O8S2/c31-20(32)11-18-13-46-28-23(27(41)37(28)24(18)29(42)43)35-26(40)22(19-14-47-30(34-19)33-15-38)36-44-12-21(39)45-25(16-7-3-1-4-8-16)17-9-5-2-6-10-17/h1-11,13-15,23-25,28H,12H2,(H,35,40)(H,42,43)(H,33,34,38)/t23?,24?,28-/m0/s1. The maximum Gasteiger partial charge on any atom is 0.347 e. The molecule has 3 aromatic rings. The number of thiazole rings is 1. The first-order valence-electron chi connectivity index (χ1n) is 13.6. The third-order valence-corrected chi connectivity index (χ3v) is 9.17. The lowest BCUT2D eigenvalue weighted by molar-refractivity contribution is -0.159. The molecule has 17 heteroatoms. The molecular weight excluding hydrogens is 782 g/mol. The number of ether oxygens (including phenoxy) is 1. The second kappa shape index (κ2) is 15.5. The summed E-state index contributed by atoms with van der Waals surface area (Å²) < 4.78 is 6.21. The monoisotopic (exact) mass is 803 g/mol. The number of hydrogen-bond acceptors (Lipinski definition) is 11. The van der Waals surface area contributed by atoms with Crippen molar-refractivity contribution in [2.45, 2.75) is 23.6 Å². The van der Waals surface area contributed by atoms with E-state index in [0.717, 1.165) is 34.2 Å². The number of aliphatic carboxylic acids is 1. The zero-order valence-electron chi connectivity index (χ0n) is 23.8. The molecule has 1 fully saturated rings. The third-order valence-electron chi connectivity index (χ3n) is 6.75. The van der Waals surface area contributed by atoms with Crippen LogP contribution in [-0.4, -0.2) is 74.9 Å². The average molecular weight is 805 g/mol. The Hall–Kier alpha value is -4.32. The van der Waals surface area contributed by atoms with Crippen molar-refractivity contribution in [2.75, 3.05) is 11.9 Å². The molecule has 242 valence electrons. The molecule has 3 amide bonds. The van der Waals surface area contributed by atoms with Crippen LogP contribution in [0.5, 0.6) is 0 Å². The van der Waals surface area contributed by atoms with E-state index in [4.69, 9.17) is 9.57 Å². The number of carboxylic acids is 1. The molecule has 13 nitrogen and oxygen atoms in total. The van der Waals surface area contributed by atoms with Gasteiger partial charge in [-0.05, 0) is 60.0 Å². The van der Waals surface area contributed by atoms with Crippen LogP contribution in [0.4, 0.5) is 5.13 Å². The summed E-state index contributed by atoms with van der Waals surface area (Å²) in [4.78, 5) is 73.1. The van der Waals surface area contributed by atoms with Gasteiger partial charge in [0.1, 0.15) is 17.1 Å². The van der Waals surface area contributed by atoms with Crippen LogP contribution in [0.3, 0.4) is 0 Å². The summed E-state index contributed by atoms with van der Waals surface area (Å²) in [6.45, 7) is -0.671. The number of hydrogen-bond donors (Lipinski definition) is 3. The van der Waals surface area contributed by atoms with Gasteiger partial charge in [-0.15, -0.1) is 23.1 Å². The van der Waals surface area contributed by atoms with E-state index in [2.05, 4.69) is 52.6 Å². The maximum absolute atomic E-state index is 13.5. The van der Waals surface area contributed by atoms with Crippen molar-refractivity contribution in [1.82, 2.24) is 15.2 Å². The molecule has 0 spiro atoms. The van der Waals surface area contributed by atoms with Gasteiger partial charge in [0.15, 0.2) is 23.0 Å². The van der Waals surface area contributed by atoms with Gasteiger partial charge in [0.2, 0.25) is 18.9 Å². The summed E-state index contributed by atoms with van der Waals surface area (Å²) in [5, 5.41) is 21.1. The van der Waals surface area contributed by atoms with Crippen LogP contribution < -0.4 is 10.6 Å². The Morgan fingerprint density at radius 3 is 2.34 bits per heavy atom. The molecule has 0 bridgehead atoms. The number of anilines is 1. The number of esters is 1. The van der Waals surface area contributed by atoms with E-state index >= 15 is 0 Å². The van der Waals surface area contributed by atoms with Crippen molar-refractivity contribution in [3.8, 4) is 0 Å². The molecule has 2 aliphatic heterocycles. The molecule has 2 aliphatic rings. The lowest BCUT2D eigenvalue weighted by atomic mass is 9.98. The summed E-state index contributed by atoms with van der Waals surface area (Å²) in [7, 11) is 0. The van der Waals surface area contributed by atoms with Gasteiger partial charge in [0.05, 0.1) is 3.39 Å². The molecule has 3 atom stereocenters. The van der Waals surface area contributed by atoms with E-state index in [9.17, 15) is 29.1 Å². The van der Waals surface area contributed by atoms with Gasteiger partial charge in [-0.2, -0.15) is 0 Å². The number of carboxylic acid groups (broad SMARTS) is 1. The summed E-state index contributed by atoms with van der Waals surface area (Å²) in [6, 6.07) is 15.9. The lowest BCUT2D eigenvalue weighted by Crippen LogP contribution is -2.74. The van der Waals surface area contributed by atoms with Crippen molar-refractivity contribution in [3.05, 3.63) is 103 Å². The molecule has 2 aromatic carbocycles. The highest BCUT2D eigenvalue weighted by atomic mass is 79.9. The van der Waals surface area contributed by atoms with Crippen LogP contribution >= 0.6 is 55.0 Å². The number of nitrogens with zero attached hydrogens (tertiary/aromatic N) is 3. The van der Waals surface area contributed by atoms with Crippen LogP contribution in [0, 0.1) is 0 Å². The largest absolute Gasteiger partial charge is 0.479 e. The number of benzene rings is 2. The number of carbonyl (C=O) groups excluding carboxylic acids is 4. The van der Waals surface area contributed by atoms with E-state index in [1.807, 2.05) is 60.7 Å². The van der Waals surface area contributed by atoms with E-state index in [1.54, 1.807) is 5.41 Å². The number of β-lactam (4-membered cyclic amide) rings is 1. The molecule has 47 heavy (non-hydrogen) atoms. The minimum absolute atomic E-state index is 0.00510. The molecule has 0 radical (unpaired) electrons. The van der Waals surface area contributed by atoms with Gasteiger partial charge in [-0.1, -0.05) is 65.8 Å². The van der Waals surface area contributed by atoms with Crippen LogP contribution in [0.25, 0.3) is 0 Å². The molecule has 1 saturated heterocycles. The Labute approximate surface area is 292 Å². The highest BCUT2D eigenvalue weighted by molar-refractivity contribution is 9.28. The minimum Gasteiger partial charge on any atom is -0.479 e. The van der Waals surface area contributed by atoms with Gasteiger partial charge in [0.25, 0.3) is 5.91 Å². The SMILES string of the molecule is O=CNc1nc(C(=NOCC(=O)OC(c2ccccc2)c2ccccc2)C(=O)NC2C(=O)N3C(C(=O)O)C(C=C(Br)Br)=CS[C@@H]23)cs1. The molecule has 2 unspecified atom stereocenters. The number of amides is 3. The fraction of sp³-hybridized carbons (Fsp3) is 0.167. The number of fused-ring (bicyclic) bond motifs is 1. The first kappa shape index (κ1) is 34.0. The van der Waals surface area contributed by atoms with Crippen molar-refractivity contribution in [3.63, 3.8) is 0 Å². The molecule has 0 aliphatic carbocycles. The lowest BCUT2D eigenvalue weighted by Gasteiger charge is -2.51. The van der Waals surface area contributed by atoms with Crippen LogP contribution in [-0.2, 0) is 33.5 Å². The number of aromatic nitrogens is 1. The van der Waals surface area contributed by atoms with Crippen molar-refractivity contribution in [1.29, 1.82) is 0 Å². The number of oxime groups is 1. The summed E-state index contributed by atoms with van der Waals surface area (Å²) in [6.07, 6.45) is 1.21. The quantitative estimate of drug-likeness (QED) is 0.0749. The third kappa shape index (κ3) is 7.98.